The second-order valence-corrected chi connectivity index (χ2v) is 6.86. The summed E-state index contributed by atoms with van der Waals surface area (Å²) in [6, 6.07) is 16.0. The minimum atomic E-state index is -0.540. The van der Waals surface area contributed by atoms with Crippen LogP contribution < -0.4 is 10.6 Å². The highest BCUT2D eigenvalue weighted by Crippen LogP contribution is 2.20. The summed E-state index contributed by atoms with van der Waals surface area (Å²) in [6.07, 6.45) is 0. The Kier molecular flexibility index (Phi) is 6.45. The van der Waals surface area contributed by atoms with Gasteiger partial charge in [-0.05, 0) is 29.8 Å². The van der Waals surface area contributed by atoms with E-state index in [0.29, 0.717) is 22.5 Å². The molecule has 7 nitrogen and oxygen atoms in total. The van der Waals surface area contributed by atoms with Crippen LogP contribution in [0.2, 0.25) is 5.02 Å². The molecule has 3 N–H and O–H groups in total. The van der Waals surface area contributed by atoms with Crippen LogP contribution in [0.15, 0.2) is 59.8 Å². The van der Waals surface area contributed by atoms with Crippen LogP contribution in [0.5, 0.6) is 0 Å². The largest absolute Gasteiger partial charge is 0.334 e. The van der Waals surface area contributed by atoms with Crippen LogP contribution in [-0.2, 0) is 11.3 Å². The molecule has 0 fully saturated rings. The maximum absolute atomic E-state index is 11.9. The monoisotopic (exact) mass is 401 g/mol. The highest BCUT2D eigenvalue weighted by atomic mass is 35.5. The number of hydrogen-bond donors (Lipinski definition) is 3. The molecule has 0 aliphatic heterocycles. The van der Waals surface area contributed by atoms with Crippen LogP contribution in [0.1, 0.15) is 5.56 Å². The van der Waals surface area contributed by atoms with Gasteiger partial charge in [0.2, 0.25) is 11.1 Å². The van der Waals surface area contributed by atoms with E-state index in [1.54, 1.807) is 12.1 Å². The van der Waals surface area contributed by atoms with Crippen molar-refractivity contribution in [1.82, 2.24) is 25.8 Å². The van der Waals surface area contributed by atoms with Gasteiger partial charge in [0.1, 0.15) is 0 Å². The summed E-state index contributed by atoms with van der Waals surface area (Å²) in [7, 11) is 0. The smallest absolute Gasteiger partial charge is 0.321 e. The molecule has 0 atom stereocenters. The summed E-state index contributed by atoms with van der Waals surface area (Å²) in [6.45, 7) is 0.346. The second-order valence-electron chi connectivity index (χ2n) is 5.48. The van der Waals surface area contributed by atoms with E-state index < -0.39 is 11.9 Å². The van der Waals surface area contributed by atoms with Gasteiger partial charge in [0.25, 0.3) is 0 Å². The molecule has 138 valence electrons. The Morgan fingerprint density at radius 2 is 1.81 bits per heavy atom. The second kappa shape index (κ2) is 9.20. The Labute approximate surface area is 164 Å². The van der Waals surface area contributed by atoms with Gasteiger partial charge in [0.05, 0.1) is 5.75 Å². The van der Waals surface area contributed by atoms with Crippen molar-refractivity contribution in [3.8, 4) is 11.4 Å². The van der Waals surface area contributed by atoms with Crippen molar-refractivity contribution in [1.29, 1.82) is 0 Å². The van der Waals surface area contributed by atoms with Crippen LogP contribution in [0.4, 0.5) is 4.79 Å². The molecule has 0 saturated heterocycles. The van der Waals surface area contributed by atoms with Gasteiger partial charge in [0.15, 0.2) is 5.82 Å². The number of amides is 3. The number of nitrogens with one attached hydrogen (secondary N) is 3. The van der Waals surface area contributed by atoms with E-state index in [0.717, 1.165) is 22.9 Å². The van der Waals surface area contributed by atoms with Crippen LogP contribution in [-0.4, -0.2) is 32.9 Å². The Bertz CT molecular complexity index is 915. The van der Waals surface area contributed by atoms with Gasteiger partial charge in [-0.15, -0.1) is 5.10 Å². The first-order chi connectivity index (χ1) is 13.1. The number of aromatic nitrogens is 3. The van der Waals surface area contributed by atoms with Crippen LogP contribution in [0.3, 0.4) is 0 Å². The van der Waals surface area contributed by atoms with Crippen molar-refractivity contribution in [2.75, 3.05) is 5.75 Å². The molecule has 0 aliphatic carbocycles. The molecule has 3 rings (SSSR count). The minimum absolute atomic E-state index is 0.0245. The number of carbonyl (C=O) groups is 2. The number of imide groups is 1. The molecule has 0 saturated carbocycles. The van der Waals surface area contributed by atoms with Crippen molar-refractivity contribution in [3.05, 3.63) is 65.2 Å². The number of rotatable bonds is 6. The van der Waals surface area contributed by atoms with E-state index >= 15 is 0 Å². The van der Waals surface area contributed by atoms with E-state index in [9.17, 15) is 9.59 Å². The number of carbonyl (C=O) groups excluding carboxylic acids is 2. The fourth-order valence-corrected chi connectivity index (χ4v) is 2.89. The van der Waals surface area contributed by atoms with Gasteiger partial charge in [0, 0.05) is 17.1 Å². The number of halogens is 1. The molecule has 0 bridgehead atoms. The van der Waals surface area contributed by atoms with Gasteiger partial charge < -0.3 is 5.32 Å². The lowest BCUT2D eigenvalue weighted by molar-refractivity contribution is -0.117. The number of nitrogens with zero attached hydrogens (tertiary/aromatic N) is 2. The summed E-state index contributed by atoms with van der Waals surface area (Å²) >= 11 is 6.99. The minimum Gasteiger partial charge on any atom is -0.334 e. The number of benzene rings is 2. The number of aromatic amines is 1. The van der Waals surface area contributed by atoms with E-state index in [1.807, 2.05) is 42.5 Å². The van der Waals surface area contributed by atoms with E-state index in [2.05, 4.69) is 25.8 Å². The van der Waals surface area contributed by atoms with Crippen molar-refractivity contribution in [2.24, 2.45) is 0 Å². The molecule has 9 heteroatoms. The molecule has 0 unspecified atom stereocenters. The van der Waals surface area contributed by atoms with Gasteiger partial charge in [-0.25, -0.2) is 9.78 Å². The molecular weight excluding hydrogens is 386 g/mol. The number of thioether (sulfide) groups is 1. The van der Waals surface area contributed by atoms with Crippen LogP contribution in [0.25, 0.3) is 11.4 Å². The van der Waals surface area contributed by atoms with Gasteiger partial charge in [-0.2, -0.15) is 0 Å². The van der Waals surface area contributed by atoms with Crippen molar-refractivity contribution >= 4 is 35.3 Å². The van der Waals surface area contributed by atoms with Crippen molar-refractivity contribution < 1.29 is 9.59 Å². The number of H-pyrrole nitrogens is 1. The maximum Gasteiger partial charge on any atom is 0.321 e. The molecule has 0 aliphatic rings. The van der Waals surface area contributed by atoms with Crippen LogP contribution in [0, 0.1) is 0 Å². The predicted octanol–water partition coefficient (Wildman–Crippen LogP) is 3.24. The molecule has 0 spiro atoms. The lowest BCUT2D eigenvalue weighted by Crippen LogP contribution is -2.39. The molecule has 1 heterocycles. The topological polar surface area (TPSA) is 99.8 Å². The lowest BCUT2D eigenvalue weighted by Gasteiger charge is -2.06. The molecule has 3 amide bonds. The number of urea groups is 1. The van der Waals surface area contributed by atoms with Crippen molar-refractivity contribution in [2.45, 2.75) is 11.7 Å². The molecule has 3 aromatic rings. The van der Waals surface area contributed by atoms with Crippen molar-refractivity contribution in [3.63, 3.8) is 0 Å². The van der Waals surface area contributed by atoms with Gasteiger partial charge >= 0.3 is 6.03 Å². The Balaban J connectivity index is 1.44. The third-order valence-electron chi connectivity index (χ3n) is 3.46. The normalized spacial score (nSPS) is 10.4. The standard InChI is InChI=1S/C18H16ClN5O2S/c19-14-8-6-13(7-9-14)16-22-18(24-23-16)27-11-15(25)21-17(26)20-10-12-4-2-1-3-5-12/h1-9H,10-11H2,(H,22,23,24)(H2,20,21,25,26). The number of hydrogen-bond acceptors (Lipinski definition) is 5. The first kappa shape index (κ1) is 18.9. The SMILES string of the molecule is O=C(CSc1n[nH]c(-c2ccc(Cl)cc2)n1)NC(=O)NCc1ccccc1. The Morgan fingerprint density at radius 1 is 1.07 bits per heavy atom. The van der Waals surface area contributed by atoms with E-state index in [1.165, 1.54) is 0 Å². The predicted molar refractivity (Wildman–Crippen MR) is 104 cm³/mol. The highest BCUT2D eigenvalue weighted by Gasteiger charge is 2.11. The fraction of sp³-hybridized carbons (Fsp3) is 0.111. The van der Waals surface area contributed by atoms with Crippen LogP contribution >= 0.6 is 23.4 Å². The quantitative estimate of drug-likeness (QED) is 0.550. The molecule has 2 aromatic carbocycles. The molecule has 1 aromatic heterocycles. The first-order valence-corrected chi connectivity index (χ1v) is 9.39. The molecule has 27 heavy (non-hydrogen) atoms. The lowest BCUT2D eigenvalue weighted by atomic mass is 10.2. The van der Waals surface area contributed by atoms with E-state index in [-0.39, 0.29) is 5.75 Å². The van der Waals surface area contributed by atoms with Gasteiger partial charge in [-0.3, -0.25) is 15.2 Å². The molecule has 0 radical (unpaired) electrons. The first-order valence-electron chi connectivity index (χ1n) is 8.03. The Morgan fingerprint density at radius 3 is 2.56 bits per heavy atom. The zero-order valence-electron chi connectivity index (χ0n) is 14.1. The summed E-state index contributed by atoms with van der Waals surface area (Å²) in [5, 5.41) is 12.8. The average Bonchev–Trinajstić information content (AvgIpc) is 3.15. The van der Waals surface area contributed by atoms with Gasteiger partial charge in [-0.1, -0.05) is 53.7 Å². The fourth-order valence-electron chi connectivity index (χ4n) is 2.16. The highest BCUT2D eigenvalue weighted by molar-refractivity contribution is 7.99. The Hall–Kier alpha value is -2.84. The summed E-state index contributed by atoms with van der Waals surface area (Å²) < 4.78 is 0. The average molecular weight is 402 g/mol. The zero-order valence-corrected chi connectivity index (χ0v) is 15.7. The summed E-state index contributed by atoms with van der Waals surface area (Å²) in [4.78, 5) is 27.9. The van der Waals surface area contributed by atoms with E-state index in [4.69, 9.17) is 11.6 Å². The third-order valence-corrected chi connectivity index (χ3v) is 4.56. The zero-order chi connectivity index (χ0) is 19.1. The molecular formula is C18H16ClN5O2S. The summed E-state index contributed by atoms with van der Waals surface area (Å²) in [5.74, 6) is 0.176. The summed E-state index contributed by atoms with van der Waals surface area (Å²) in [5.41, 5.74) is 1.79. The maximum atomic E-state index is 11.9. The third kappa shape index (κ3) is 5.83.